The number of aryl methyl sites for hydroxylation is 2. The molecule has 29 heavy (non-hydrogen) atoms. The van der Waals surface area contributed by atoms with E-state index in [1.165, 1.54) is 23.7 Å². The van der Waals surface area contributed by atoms with Gasteiger partial charge in [-0.3, -0.25) is 9.78 Å². The molecule has 0 aliphatic heterocycles. The van der Waals surface area contributed by atoms with Gasteiger partial charge in [-0.25, -0.2) is 31.9 Å². The fraction of sp³-hybridized carbons (Fsp3) is 0.222. The maximum atomic E-state index is 13.2. The van der Waals surface area contributed by atoms with E-state index in [-0.39, 0.29) is 30.1 Å². The number of thiazole rings is 1. The summed E-state index contributed by atoms with van der Waals surface area (Å²) in [7, 11) is -4.14. The van der Waals surface area contributed by atoms with Gasteiger partial charge >= 0.3 is 0 Å². The second kappa shape index (κ2) is 8.80. The zero-order valence-electron chi connectivity index (χ0n) is 15.2. The Morgan fingerprint density at radius 2 is 1.79 bits per heavy atom. The molecule has 0 aliphatic carbocycles. The summed E-state index contributed by atoms with van der Waals surface area (Å²) in [4.78, 5) is 24.8. The van der Waals surface area contributed by atoms with E-state index in [1.54, 1.807) is 6.20 Å². The van der Waals surface area contributed by atoms with Gasteiger partial charge in [0.2, 0.25) is 10.0 Å². The van der Waals surface area contributed by atoms with Crippen LogP contribution < -0.4 is 4.72 Å². The molecular formula is C18H16F2N4O3S2. The lowest BCUT2D eigenvalue weighted by Crippen LogP contribution is -2.24. The molecule has 0 spiro atoms. The first-order valence-electron chi connectivity index (χ1n) is 8.44. The molecule has 3 rings (SSSR count). The van der Waals surface area contributed by atoms with E-state index in [2.05, 4.69) is 19.7 Å². The lowest BCUT2D eigenvalue weighted by Gasteiger charge is -2.07. The summed E-state index contributed by atoms with van der Waals surface area (Å²) in [5.41, 5.74) is 0.421. The maximum absolute atomic E-state index is 13.2. The van der Waals surface area contributed by atoms with Crippen LogP contribution in [0.4, 0.5) is 8.78 Å². The SMILES string of the molecule is Cc1ncc(CCC(=O)c2cnc(CNS(=O)(=O)c3cc(F)cc(F)c3)cn2)s1. The first-order chi connectivity index (χ1) is 13.7. The molecule has 0 fully saturated rings. The number of benzene rings is 1. The van der Waals surface area contributed by atoms with Crippen molar-refractivity contribution in [2.75, 3.05) is 0 Å². The highest BCUT2D eigenvalue weighted by Crippen LogP contribution is 2.15. The van der Waals surface area contributed by atoms with Crippen LogP contribution >= 0.6 is 11.3 Å². The maximum Gasteiger partial charge on any atom is 0.241 e. The van der Waals surface area contributed by atoms with E-state index in [4.69, 9.17) is 0 Å². The minimum Gasteiger partial charge on any atom is -0.292 e. The number of aromatic nitrogens is 3. The molecular weight excluding hydrogens is 422 g/mol. The third-order valence-corrected chi connectivity index (χ3v) is 6.20. The first-order valence-corrected chi connectivity index (χ1v) is 10.7. The molecule has 1 aromatic carbocycles. The molecule has 2 aromatic heterocycles. The number of ketones is 1. The third kappa shape index (κ3) is 5.68. The Morgan fingerprint density at radius 1 is 1.07 bits per heavy atom. The van der Waals surface area contributed by atoms with E-state index >= 15 is 0 Å². The van der Waals surface area contributed by atoms with E-state index in [0.717, 1.165) is 9.88 Å². The molecule has 0 atom stereocenters. The van der Waals surface area contributed by atoms with Crippen molar-refractivity contribution in [3.63, 3.8) is 0 Å². The highest BCUT2D eigenvalue weighted by atomic mass is 32.2. The molecule has 7 nitrogen and oxygen atoms in total. The van der Waals surface area contributed by atoms with Gasteiger partial charge in [0.05, 0.1) is 34.5 Å². The van der Waals surface area contributed by atoms with Crippen LogP contribution in [0.1, 0.15) is 32.5 Å². The molecule has 1 N–H and O–H groups in total. The normalized spacial score (nSPS) is 11.6. The number of nitrogens with one attached hydrogen (secondary N) is 1. The van der Waals surface area contributed by atoms with Gasteiger partial charge in [0, 0.05) is 23.6 Å². The smallest absolute Gasteiger partial charge is 0.241 e. The minimum atomic E-state index is -4.14. The molecule has 0 saturated heterocycles. The van der Waals surface area contributed by atoms with E-state index in [0.29, 0.717) is 24.6 Å². The van der Waals surface area contributed by atoms with Gasteiger partial charge in [0.1, 0.15) is 17.3 Å². The van der Waals surface area contributed by atoms with Crippen molar-refractivity contribution in [2.24, 2.45) is 0 Å². The molecule has 3 aromatic rings. The van der Waals surface area contributed by atoms with Crippen molar-refractivity contribution in [3.05, 3.63) is 69.7 Å². The number of carbonyl (C=O) groups is 1. The Balaban J connectivity index is 1.59. The summed E-state index contributed by atoms with van der Waals surface area (Å²) >= 11 is 1.52. The number of rotatable bonds is 8. The van der Waals surface area contributed by atoms with Crippen LogP contribution in [0.15, 0.2) is 41.7 Å². The van der Waals surface area contributed by atoms with Crippen LogP contribution in [0.3, 0.4) is 0 Å². The van der Waals surface area contributed by atoms with Gasteiger partial charge in [-0.15, -0.1) is 11.3 Å². The average molecular weight is 438 g/mol. The van der Waals surface area contributed by atoms with Crippen molar-refractivity contribution in [3.8, 4) is 0 Å². The predicted molar refractivity (Wildman–Crippen MR) is 102 cm³/mol. The third-order valence-electron chi connectivity index (χ3n) is 3.85. The fourth-order valence-corrected chi connectivity index (χ4v) is 4.25. The molecule has 2 heterocycles. The molecule has 0 amide bonds. The largest absolute Gasteiger partial charge is 0.292 e. The van der Waals surface area contributed by atoms with E-state index in [9.17, 15) is 22.0 Å². The highest BCUT2D eigenvalue weighted by molar-refractivity contribution is 7.89. The van der Waals surface area contributed by atoms with Gasteiger partial charge in [-0.2, -0.15) is 0 Å². The van der Waals surface area contributed by atoms with Gasteiger partial charge in [-0.05, 0) is 25.5 Å². The van der Waals surface area contributed by atoms with E-state index < -0.39 is 26.6 Å². The van der Waals surface area contributed by atoms with Crippen LogP contribution in [-0.2, 0) is 23.0 Å². The van der Waals surface area contributed by atoms with Crippen molar-refractivity contribution < 1.29 is 22.0 Å². The fourth-order valence-electron chi connectivity index (χ4n) is 2.41. The monoisotopic (exact) mass is 438 g/mol. The number of carbonyl (C=O) groups excluding carboxylic acids is 1. The first kappa shape index (κ1) is 21.1. The Labute approximate surface area is 169 Å². The zero-order valence-corrected chi connectivity index (χ0v) is 16.9. The van der Waals surface area contributed by atoms with Gasteiger partial charge < -0.3 is 0 Å². The molecule has 152 valence electrons. The lowest BCUT2D eigenvalue weighted by atomic mass is 10.1. The molecule has 0 saturated carbocycles. The molecule has 0 bridgehead atoms. The quantitative estimate of drug-likeness (QED) is 0.543. The van der Waals surface area contributed by atoms with Crippen LogP contribution in [0.2, 0.25) is 0 Å². The van der Waals surface area contributed by atoms with Crippen molar-refractivity contribution >= 4 is 27.1 Å². The molecule has 11 heteroatoms. The average Bonchev–Trinajstić information content (AvgIpc) is 3.09. The summed E-state index contributed by atoms with van der Waals surface area (Å²) in [6, 6.07) is 2.00. The van der Waals surface area contributed by atoms with Crippen LogP contribution in [0.25, 0.3) is 0 Å². The second-order valence-electron chi connectivity index (χ2n) is 6.09. The minimum absolute atomic E-state index is 0.171. The summed E-state index contributed by atoms with van der Waals surface area (Å²) in [5, 5.41) is 0.931. The topological polar surface area (TPSA) is 102 Å². The van der Waals surface area contributed by atoms with Crippen LogP contribution in [0, 0.1) is 18.6 Å². The Bertz CT molecular complexity index is 1110. The molecule has 0 aliphatic rings. The molecule has 0 unspecified atom stereocenters. The van der Waals surface area contributed by atoms with Crippen molar-refractivity contribution in [2.45, 2.75) is 31.2 Å². The number of sulfonamides is 1. The second-order valence-corrected chi connectivity index (χ2v) is 9.18. The Kier molecular flexibility index (Phi) is 6.40. The van der Waals surface area contributed by atoms with Crippen LogP contribution in [0.5, 0.6) is 0 Å². The predicted octanol–water partition coefficient (Wildman–Crippen LogP) is 2.81. The van der Waals surface area contributed by atoms with Crippen molar-refractivity contribution in [1.29, 1.82) is 0 Å². The summed E-state index contributed by atoms with van der Waals surface area (Å²) in [5.74, 6) is -2.19. The van der Waals surface area contributed by atoms with Gasteiger partial charge in [0.25, 0.3) is 0 Å². The Hall–Kier alpha value is -2.63. The standard InChI is InChI=1S/C18H16F2N4O3S2/c1-11-21-9-15(28-11)2-3-18(25)17-10-22-14(7-23-17)8-24-29(26,27)16-5-12(19)4-13(20)6-16/h4-7,9-10,24H,2-3,8H2,1H3. The lowest BCUT2D eigenvalue weighted by molar-refractivity contribution is 0.0978. The van der Waals surface area contributed by atoms with Crippen molar-refractivity contribution in [1.82, 2.24) is 19.7 Å². The zero-order chi connectivity index (χ0) is 21.0. The Morgan fingerprint density at radius 3 is 2.38 bits per heavy atom. The summed E-state index contributed by atoms with van der Waals surface area (Å²) in [6.45, 7) is 1.64. The van der Waals surface area contributed by atoms with Crippen LogP contribution in [-0.4, -0.2) is 29.2 Å². The summed E-state index contributed by atoms with van der Waals surface area (Å²) in [6.07, 6.45) is 5.09. The number of hydrogen-bond acceptors (Lipinski definition) is 7. The highest BCUT2D eigenvalue weighted by Gasteiger charge is 2.17. The number of hydrogen-bond donors (Lipinski definition) is 1. The number of Topliss-reactive ketones (excluding diaryl/α,β-unsaturated/α-hetero) is 1. The van der Waals surface area contributed by atoms with E-state index in [1.807, 2.05) is 6.92 Å². The molecule has 0 radical (unpaired) electrons. The summed E-state index contributed by atoms with van der Waals surface area (Å²) < 4.78 is 53.0. The van der Waals surface area contributed by atoms with Gasteiger partial charge in [-0.1, -0.05) is 0 Å². The van der Waals surface area contributed by atoms with Gasteiger partial charge in [0.15, 0.2) is 5.78 Å². The number of nitrogens with zero attached hydrogens (tertiary/aromatic N) is 3. The number of halogens is 2.